The fraction of sp³-hybridized carbons (Fsp3) is 0.806. The monoisotopic (exact) mass is 590 g/mol. The van der Waals surface area contributed by atoms with Gasteiger partial charge in [0.15, 0.2) is 0 Å². The van der Waals surface area contributed by atoms with Gasteiger partial charge in [0.1, 0.15) is 17.0 Å². The molecule has 1 unspecified atom stereocenters. The van der Waals surface area contributed by atoms with E-state index in [2.05, 4.69) is 48.8 Å². The number of hydrogen-bond acceptors (Lipinski definition) is 6. The van der Waals surface area contributed by atoms with Crippen molar-refractivity contribution in [1.82, 2.24) is 0 Å². The minimum absolute atomic E-state index is 0.00514. The topological polar surface area (TPSA) is 80.7 Å². The Bertz CT molecular complexity index is 1140. The summed E-state index contributed by atoms with van der Waals surface area (Å²) >= 11 is 3.83. The van der Waals surface area contributed by atoms with E-state index in [1.165, 1.54) is 0 Å². The zero-order valence-corrected chi connectivity index (χ0v) is 24.8. The molecule has 210 valence electrons. The van der Waals surface area contributed by atoms with Crippen molar-refractivity contribution in [2.24, 2.45) is 28.1 Å². The summed E-state index contributed by atoms with van der Waals surface area (Å²) in [7, 11) is 1.71. The van der Waals surface area contributed by atoms with E-state index in [0.717, 1.165) is 73.6 Å². The highest BCUT2D eigenvalue weighted by Gasteiger charge is 2.84. The molecule has 6 nitrogen and oxygen atoms in total. The van der Waals surface area contributed by atoms with Crippen LogP contribution in [0.2, 0.25) is 0 Å². The molecule has 9 atom stereocenters. The van der Waals surface area contributed by atoms with Crippen LogP contribution in [0.15, 0.2) is 22.7 Å². The lowest BCUT2D eigenvalue weighted by Crippen LogP contribution is -2.72. The summed E-state index contributed by atoms with van der Waals surface area (Å²) in [6, 6.07) is 6.16. The van der Waals surface area contributed by atoms with Crippen LogP contribution in [-0.4, -0.2) is 52.9 Å². The minimum Gasteiger partial charge on any atom is -0.497 e. The van der Waals surface area contributed by atoms with Crippen molar-refractivity contribution >= 4 is 15.9 Å². The fourth-order valence-electron chi connectivity index (χ4n) is 10.6. The molecule has 7 rings (SSSR count). The van der Waals surface area contributed by atoms with Crippen LogP contribution < -0.4 is 4.74 Å². The molecule has 4 saturated carbocycles. The van der Waals surface area contributed by atoms with Gasteiger partial charge in [0.25, 0.3) is 0 Å². The van der Waals surface area contributed by atoms with Crippen LogP contribution in [-0.2, 0) is 20.9 Å². The third-order valence-corrected chi connectivity index (χ3v) is 12.9. The lowest BCUT2D eigenvalue weighted by atomic mass is 9.40. The zero-order valence-electron chi connectivity index (χ0n) is 23.2. The van der Waals surface area contributed by atoms with Gasteiger partial charge in [-0.25, -0.2) is 9.78 Å². The van der Waals surface area contributed by atoms with Crippen molar-refractivity contribution < 1.29 is 29.5 Å². The van der Waals surface area contributed by atoms with Crippen molar-refractivity contribution in [3.8, 4) is 5.75 Å². The van der Waals surface area contributed by atoms with Gasteiger partial charge in [-0.1, -0.05) is 36.7 Å². The van der Waals surface area contributed by atoms with E-state index < -0.39 is 16.6 Å². The van der Waals surface area contributed by atoms with Crippen LogP contribution in [0.5, 0.6) is 5.75 Å². The fourth-order valence-corrected chi connectivity index (χ4v) is 11.0. The number of fused-ring (bicyclic) bond motifs is 3. The van der Waals surface area contributed by atoms with E-state index in [4.69, 9.17) is 19.2 Å². The third-order valence-electron chi connectivity index (χ3n) is 12.1. The molecule has 0 amide bonds. The van der Waals surface area contributed by atoms with E-state index >= 15 is 0 Å². The lowest BCUT2D eigenvalue weighted by Gasteiger charge is -2.66. The predicted molar refractivity (Wildman–Crippen MR) is 146 cm³/mol. The van der Waals surface area contributed by atoms with Crippen LogP contribution in [0.3, 0.4) is 0 Å². The number of ether oxygens (including phenoxy) is 2. The molecule has 1 aromatic rings. The number of aliphatic hydroxyl groups is 2. The molecule has 2 heterocycles. The molecule has 4 aliphatic carbocycles. The van der Waals surface area contributed by atoms with Crippen molar-refractivity contribution in [3.63, 3.8) is 0 Å². The number of hydrogen-bond donors (Lipinski definition) is 2. The van der Waals surface area contributed by atoms with E-state index in [0.29, 0.717) is 24.9 Å². The molecule has 6 fully saturated rings. The van der Waals surface area contributed by atoms with Gasteiger partial charge < -0.3 is 19.7 Å². The maximum absolute atomic E-state index is 13.0. The normalized spacial score (nSPS) is 50.5. The van der Waals surface area contributed by atoms with Crippen molar-refractivity contribution in [2.75, 3.05) is 13.7 Å². The highest BCUT2D eigenvalue weighted by molar-refractivity contribution is 9.10. The first-order valence-electron chi connectivity index (χ1n) is 14.6. The second-order valence-electron chi connectivity index (χ2n) is 14.7. The number of epoxide rings is 1. The summed E-state index contributed by atoms with van der Waals surface area (Å²) in [4.78, 5) is 11.9. The molecular formula is C31H43BrO6. The lowest BCUT2D eigenvalue weighted by molar-refractivity contribution is -0.425. The maximum atomic E-state index is 13.0. The van der Waals surface area contributed by atoms with Crippen LogP contribution in [0.25, 0.3) is 0 Å². The maximum Gasteiger partial charge on any atom is 0.119 e. The molecule has 0 bridgehead atoms. The standard InChI is InChI=1S/C31H43BrO6/c1-26(2)16-28(38-36-18-26)11-12-29(14-19-13-20(35-4)5-7-23(19)32)30(34,17-28)10-9-22-21-6-8-24(33)27(21,3)15-25-31(22,29)37-25/h5,7,13,21-22,24-25,33-34H,6,8-12,14-18H2,1-4H3/t21-,22-,24-,25+,27-,28?,29+,30+,31-/m0/s1. The quantitative estimate of drug-likeness (QED) is 0.345. The van der Waals surface area contributed by atoms with E-state index in [9.17, 15) is 10.2 Å². The number of methoxy groups -OCH3 is 1. The zero-order chi connectivity index (χ0) is 26.8. The Kier molecular flexibility index (Phi) is 5.65. The van der Waals surface area contributed by atoms with E-state index in [1.807, 2.05) is 6.07 Å². The molecule has 38 heavy (non-hydrogen) atoms. The number of benzene rings is 1. The Morgan fingerprint density at radius 1 is 1.05 bits per heavy atom. The van der Waals surface area contributed by atoms with E-state index in [1.54, 1.807) is 7.11 Å². The molecule has 0 radical (unpaired) electrons. The molecule has 0 aromatic heterocycles. The Morgan fingerprint density at radius 3 is 2.63 bits per heavy atom. The van der Waals surface area contributed by atoms with Gasteiger partial charge in [-0.15, -0.1) is 0 Å². The van der Waals surface area contributed by atoms with Crippen LogP contribution in [0, 0.1) is 28.1 Å². The highest BCUT2D eigenvalue weighted by atomic mass is 79.9. The SMILES string of the molecule is COc1ccc(Br)c(C[C@]23CCC4(CC(C)(C)COO4)C[C@]2(O)CC[C@H]2[C@@H]4CC[C@H](O)[C@@]4(C)C[C@H]4O[C@]423)c1. The Hall–Kier alpha value is -0.700. The first-order chi connectivity index (χ1) is 17.9. The Morgan fingerprint density at radius 2 is 1.87 bits per heavy atom. The summed E-state index contributed by atoms with van der Waals surface area (Å²) in [6.45, 7) is 7.34. The predicted octanol–water partition coefficient (Wildman–Crippen LogP) is 5.75. The average molecular weight is 592 g/mol. The first-order valence-corrected chi connectivity index (χ1v) is 15.4. The molecule has 2 aliphatic heterocycles. The first kappa shape index (κ1) is 26.2. The Balaban J connectivity index is 1.34. The summed E-state index contributed by atoms with van der Waals surface area (Å²) in [5.41, 5.74) is -1.18. The van der Waals surface area contributed by atoms with Gasteiger partial charge >= 0.3 is 0 Å². The molecule has 7 heteroatoms. The molecule has 6 aliphatic rings. The largest absolute Gasteiger partial charge is 0.497 e. The van der Waals surface area contributed by atoms with Crippen molar-refractivity contribution in [3.05, 3.63) is 28.2 Å². The molecule has 2 saturated heterocycles. The Labute approximate surface area is 234 Å². The van der Waals surface area contributed by atoms with Gasteiger partial charge in [-0.2, -0.15) is 0 Å². The average Bonchev–Trinajstić information content (AvgIpc) is 3.49. The second kappa shape index (κ2) is 8.19. The number of aliphatic hydroxyl groups excluding tert-OH is 1. The summed E-state index contributed by atoms with van der Waals surface area (Å²) in [5, 5.41) is 24.0. The van der Waals surface area contributed by atoms with Gasteiger partial charge in [-0.05, 0) is 104 Å². The van der Waals surface area contributed by atoms with E-state index in [-0.39, 0.29) is 28.6 Å². The second-order valence-corrected chi connectivity index (χ2v) is 15.6. The minimum atomic E-state index is -0.944. The van der Waals surface area contributed by atoms with Gasteiger partial charge in [0, 0.05) is 16.3 Å². The summed E-state index contributed by atoms with van der Waals surface area (Å²) in [5.74, 6) is 1.60. The highest BCUT2D eigenvalue weighted by Crippen LogP contribution is 2.78. The molecule has 2 N–H and O–H groups in total. The van der Waals surface area contributed by atoms with Crippen LogP contribution in [0.4, 0.5) is 0 Å². The van der Waals surface area contributed by atoms with Gasteiger partial charge in [0.2, 0.25) is 0 Å². The smallest absolute Gasteiger partial charge is 0.119 e. The van der Waals surface area contributed by atoms with Crippen molar-refractivity contribution in [1.29, 1.82) is 0 Å². The van der Waals surface area contributed by atoms with Crippen LogP contribution >= 0.6 is 15.9 Å². The molecule has 2 spiro atoms. The molecular weight excluding hydrogens is 548 g/mol. The molecule has 1 aromatic carbocycles. The van der Waals surface area contributed by atoms with Gasteiger partial charge in [-0.3, -0.25) is 0 Å². The van der Waals surface area contributed by atoms with Gasteiger partial charge in [0.05, 0.1) is 31.5 Å². The summed E-state index contributed by atoms with van der Waals surface area (Å²) < 4.78 is 13.6. The van der Waals surface area contributed by atoms with Crippen LogP contribution in [0.1, 0.15) is 84.1 Å². The number of halogens is 1. The van der Waals surface area contributed by atoms with Crippen molar-refractivity contribution in [2.45, 2.75) is 114 Å². The summed E-state index contributed by atoms with van der Waals surface area (Å²) in [6.07, 6.45) is 8.12. The number of rotatable bonds is 3. The third kappa shape index (κ3) is 3.35.